The molecule has 0 aromatic carbocycles. The minimum Gasteiger partial charge on any atom is -0.309 e. The summed E-state index contributed by atoms with van der Waals surface area (Å²) in [5.74, 6) is -4.25. The molecule has 0 aromatic rings. The van der Waals surface area contributed by atoms with Crippen LogP contribution in [0.4, 0.5) is 61.5 Å². The number of hydrogen-bond donors (Lipinski definition) is 1. The van der Waals surface area contributed by atoms with Gasteiger partial charge in [0.15, 0.2) is 0 Å². The fourth-order valence-corrected chi connectivity index (χ4v) is 4.44. The van der Waals surface area contributed by atoms with Gasteiger partial charge in [0, 0.05) is 25.8 Å². The van der Waals surface area contributed by atoms with Crippen LogP contribution in [0.2, 0.25) is 0 Å². The molecular formula is C17H25F14N2O2S+. The van der Waals surface area contributed by atoms with Crippen LogP contribution in [0.25, 0.3) is 0 Å². The molecule has 0 aliphatic heterocycles. The molecule has 0 bridgehead atoms. The largest absolute Gasteiger partial charge is 0.431 e. The van der Waals surface area contributed by atoms with Crippen molar-refractivity contribution in [1.29, 1.82) is 0 Å². The Morgan fingerprint density at radius 2 is 1.03 bits per heavy atom. The van der Waals surface area contributed by atoms with Gasteiger partial charge in [0.1, 0.15) is 5.75 Å². The van der Waals surface area contributed by atoms with E-state index in [-0.39, 0.29) is 13.0 Å². The maximum atomic E-state index is 14.1. The normalized spacial score (nSPS) is 15.3. The molecule has 0 radical (unpaired) electrons. The molecule has 0 heterocycles. The maximum Gasteiger partial charge on any atom is 0.431 e. The second-order valence-electron chi connectivity index (χ2n) is 8.49. The standard InChI is InChI=1S/C17H24F14N2O2S/c1-33(2)7-4-6-32-36(34,35)8-3-5-11(9-12(18,14(20,21)22)15(23,24)25)10-13(19,16(26,27)28)17(29,30)31/h11,32H,3-10H2,1-2H3/p+1. The van der Waals surface area contributed by atoms with E-state index in [4.69, 9.17) is 0 Å². The summed E-state index contributed by atoms with van der Waals surface area (Å²) in [6.07, 6.45) is -35.7. The molecule has 19 heteroatoms. The fraction of sp³-hybridized carbons (Fsp3) is 1.00. The first kappa shape index (κ1) is 34.9. The number of primary sulfonamides is 1. The van der Waals surface area contributed by atoms with Gasteiger partial charge in [0.2, 0.25) is 0 Å². The number of alkyl halides is 14. The van der Waals surface area contributed by atoms with Gasteiger partial charge in [0.05, 0.1) is 6.54 Å². The van der Waals surface area contributed by atoms with E-state index in [1.165, 1.54) is 0 Å². The van der Waals surface area contributed by atoms with E-state index in [1.807, 2.05) is 0 Å². The van der Waals surface area contributed by atoms with E-state index in [0.717, 1.165) is 0 Å². The second kappa shape index (κ2) is 11.7. The average molecular weight is 587 g/mol. The number of nitrogens with two attached hydrogens (primary N) is 1. The Morgan fingerprint density at radius 3 is 1.33 bits per heavy atom. The Kier molecular flexibility index (Phi) is 11.4. The van der Waals surface area contributed by atoms with Crippen LogP contribution in [0.5, 0.6) is 0 Å². The van der Waals surface area contributed by atoms with Gasteiger partial charge in [-0.2, -0.15) is 61.1 Å². The molecule has 0 aliphatic carbocycles. The van der Waals surface area contributed by atoms with Gasteiger partial charge in [-0.25, -0.2) is 13.5 Å². The highest BCUT2D eigenvalue weighted by Crippen LogP contribution is 2.54. The summed E-state index contributed by atoms with van der Waals surface area (Å²) < 4.78 is 207. The number of halogens is 14. The molecule has 218 valence electrons. The number of hydrogen-bond acceptors (Lipinski definition) is 3. The predicted molar refractivity (Wildman–Crippen MR) is 97.6 cm³/mol. The zero-order valence-electron chi connectivity index (χ0n) is 18.8. The van der Waals surface area contributed by atoms with E-state index in [2.05, 4.69) is 0 Å². The van der Waals surface area contributed by atoms with Crippen molar-refractivity contribution < 1.29 is 74.6 Å². The van der Waals surface area contributed by atoms with Crippen LogP contribution in [0.3, 0.4) is 0 Å². The third-order valence-corrected chi connectivity index (χ3v) is 6.76. The van der Waals surface area contributed by atoms with Gasteiger partial charge in [-0.1, -0.05) is 0 Å². The maximum absolute atomic E-state index is 14.1. The number of nitrogens with zero attached hydrogens (tertiary/aromatic N) is 1. The van der Waals surface area contributed by atoms with Crippen molar-refractivity contribution in [3.63, 3.8) is 0 Å². The Hall–Kier alpha value is -1.11. The Bertz CT molecular complexity index is 719. The summed E-state index contributed by atoms with van der Waals surface area (Å²) in [6.45, 7) is 0.338. The molecule has 2 N–H and O–H groups in total. The lowest BCUT2D eigenvalue weighted by molar-refractivity contribution is -0.497. The number of sulfonamides is 1. The summed E-state index contributed by atoms with van der Waals surface area (Å²) in [5.41, 5.74) is -12.6. The van der Waals surface area contributed by atoms with Crippen molar-refractivity contribution in [3.05, 3.63) is 0 Å². The Morgan fingerprint density at radius 1 is 0.667 bits per heavy atom. The molecule has 0 spiro atoms. The molecule has 36 heavy (non-hydrogen) atoms. The molecular weight excluding hydrogens is 562 g/mol. The Labute approximate surface area is 197 Å². The molecule has 0 atom stereocenters. The summed E-state index contributed by atoms with van der Waals surface area (Å²) in [5, 5.41) is 0. The zero-order valence-corrected chi connectivity index (χ0v) is 19.6. The summed E-state index contributed by atoms with van der Waals surface area (Å²) in [6, 6.07) is 0. The van der Waals surface area contributed by atoms with Gasteiger partial charge >= 0.3 is 24.7 Å². The van der Waals surface area contributed by atoms with Crippen molar-refractivity contribution in [2.75, 3.05) is 32.9 Å². The van der Waals surface area contributed by atoms with E-state index in [9.17, 15) is 69.9 Å². The Balaban J connectivity index is 5.95. The smallest absolute Gasteiger partial charge is 0.309 e. The molecule has 0 saturated carbocycles. The van der Waals surface area contributed by atoms with E-state index in [0.29, 0.717) is 11.3 Å². The first-order valence-corrected chi connectivity index (χ1v) is 11.8. The van der Waals surface area contributed by atoms with E-state index >= 15 is 0 Å². The minimum atomic E-state index is -6.83. The highest BCUT2D eigenvalue weighted by Gasteiger charge is 2.75. The lowest BCUT2D eigenvalue weighted by Crippen LogP contribution is -2.88. The van der Waals surface area contributed by atoms with Gasteiger partial charge in [-0.15, -0.1) is 0 Å². The van der Waals surface area contributed by atoms with Crippen LogP contribution >= 0.6 is 0 Å². The molecule has 0 fully saturated rings. The van der Waals surface area contributed by atoms with Crippen LogP contribution in [-0.2, 0) is 10.0 Å². The molecule has 4 nitrogen and oxygen atoms in total. The van der Waals surface area contributed by atoms with Crippen molar-refractivity contribution in [2.24, 2.45) is 5.92 Å². The van der Waals surface area contributed by atoms with Gasteiger partial charge in [0.25, 0.3) is 21.4 Å². The highest BCUT2D eigenvalue weighted by molar-refractivity contribution is 7.84. The quantitative estimate of drug-likeness (QED) is 0.252. The second-order valence-corrected chi connectivity index (χ2v) is 10.6. The number of quaternary nitrogens is 1. The van der Waals surface area contributed by atoms with Crippen molar-refractivity contribution in [3.8, 4) is 0 Å². The lowest BCUT2D eigenvalue weighted by Gasteiger charge is -2.37. The van der Waals surface area contributed by atoms with Gasteiger partial charge in [-0.05, 0) is 32.9 Å². The van der Waals surface area contributed by atoms with Crippen LogP contribution in [0.15, 0.2) is 0 Å². The number of rotatable bonds is 13. The molecule has 0 unspecified atom stereocenters. The highest BCUT2D eigenvalue weighted by atomic mass is 32.2. The van der Waals surface area contributed by atoms with E-state index in [1.54, 1.807) is 19.0 Å². The van der Waals surface area contributed by atoms with Crippen molar-refractivity contribution >= 4 is 10.0 Å². The SMILES string of the molecule is CN(C)CCC[NH2+]S(=O)(=O)CCCC(CC(F)(C(F)(F)F)C(F)(F)F)CC(F)(C(F)(F)F)C(F)(F)F. The van der Waals surface area contributed by atoms with Crippen LogP contribution < -0.4 is 4.72 Å². The van der Waals surface area contributed by atoms with Gasteiger partial charge in [-0.3, -0.25) is 0 Å². The summed E-state index contributed by atoms with van der Waals surface area (Å²) in [4.78, 5) is 1.67. The minimum absolute atomic E-state index is 0.0740. The van der Waals surface area contributed by atoms with Crippen LogP contribution in [0.1, 0.15) is 32.1 Å². The molecule has 0 aliphatic rings. The summed E-state index contributed by atoms with van der Waals surface area (Å²) >= 11 is 0. The van der Waals surface area contributed by atoms with E-state index < -0.39 is 83.4 Å². The fourth-order valence-electron chi connectivity index (χ4n) is 3.18. The first-order chi connectivity index (χ1) is 15.7. The topological polar surface area (TPSA) is 54.0 Å². The zero-order chi connectivity index (χ0) is 29.0. The third-order valence-electron chi connectivity index (χ3n) is 5.16. The van der Waals surface area contributed by atoms with Crippen LogP contribution in [-0.4, -0.2) is 82.3 Å². The average Bonchev–Trinajstić information content (AvgIpc) is 2.61. The van der Waals surface area contributed by atoms with Crippen molar-refractivity contribution in [2.45, 2.75) is 68.1 Å². The predicted octanol–water partition coefficient (Wildman–Crippen LogP) is 4.67. The third kappa shape index (κ3) is 9.33. The molecule has 0 aromatic heterocycles. The molecule has 0 amide bonds. The van der Waals surface area contributed by atoms with Gasteiger partial charge < -0.3 is 4.90 Å². The first-order valence-electron chi connectivity index (χ1n) is 10.1. The monoisotopic (exact) mass is 587 g/mol. The molecule has 0 rings (SSSR count). The van der Waals surface area contributed by atoms with Crippen molar-refractivity contribution in [1.82, 2.24) is 4.90 Å². The van der Waals surface area contributed by atoms with Crippen LogP contribution in [0, 0.1) is 5.92 Å². The lowest BCUT2D eigenvalue weighted by atomic mass is 9.80. The summed E-state index contributed by atoms with van der Waals surface area (Å²) in [7, 11) is -0.902. The molecule has 0 saturated heterocycles.